The number of aromatic nitrogens is 3. The second-order valence-electron chi connectivity index (χ2n) is 10.9. The van der Waals surface area contributed by atoms with Crippen molar-refractivity contribution in [2.24, 2.45) is 4.99 Å². The van der Waals surface area contributed by atoms with Crippen molar-refractivity contribution in [1.82, 2.24) is 15.0 Å². The minimum absolute atomic E-state index is 0.129. The standard InChI is InChI=1S/C35H40N4O4/c1-8-23-18-36-28(19(23)4)15-29-21(6)25(11-13-34(40)41)32(38-29)17-33-26(12-14-35(42)43)22(7)30(39-33)16-31-24(9-2)20(5)27(10-3)37-31/h8-10,15,17-18,31,36,38-39H,1-3,11-14,16H2,4-7H3,(H,40,41)(H,42,43)/p-2/b29-15+,32-17+. The number of hydrogen-bond acceptors (Lipinski definition) is 5. The smallest absolute Gasteiger partial charge is 0.0814 e. The molecule has 0 bridgehead atoms. The number of rotatable bonds is 13. The Balaban J connectivity index is 1.87. The summed E-state index contributed by atoms with van der Waals surface area (Å²) in [6.45, 7) is 19.7. The fraction of sp³-hybridized carbons (Fsp3) is 0.286. The lowest BCUT2D eigenvalue weighted by molar-refractivity contribution is -0.307. The van der Waals surface area contributed by atoms with Crippen molar-refractivity contribution in [3.05, 3.63) is 110 Å². The predicted molar refractivity (Wildman–Crippen MR) is 168 cm³/mol. The second-order valence-corrected chi connectivity index (χ2v) is 10.9. The molecule has 224 valence electrons. The number of H-pyrrole nitrogens is 3. The summed E-state index contributed by atoms with van der Waals surface area (Å²) in [5, 5.41) is 24.5. The van der Waals surface area contributed by atoms with Crippen molar-refractivity contribution in [2.75, 3.05) is 0 Å². The molecule has 0 aromatic carbocycles. The van der Waals surface area contributed by atoms with Crippen LogP contribution in [-0.4, -0.2) is 38.6 Å². The summed E-state index contributed by atoms with van der Waals surface area (Å²) in [6, 6.07) is -0.137. The largest absolute Gasteiger partial charge is 0.550 e. The van der Waals surface area contributed by atoms with Crippen molar-refractivity contribution in [3.63, 3.8) is 0 Å². The van der Waals surface area contributed by atoms with Gasteiger partial charge in [-0.1, -0.05) is 31.9 Å². The number of carboxylic acid groups (broad SMARTS) is 2. The minimum Gasteiger partial charge on any atom is -0.550 e. The number of aromatic amines is 3. The third-order valence-electron chi connectivity index (χ3n) is 8.42. The van der Waals surface area contributed by atoms with Crippen LogP contribution < -0.4 is 20.9 Å². The lowest BCUT2D eigenvalue weighted by Crippen LogP contribution is -2.23. The Hall–Kier alpha value is -4.85. The number of aliphatic imine (C=N–C) groups is 1. The molecule has 0 saturated carbocycles. The van der Waals surface area contributed by atoms with Gasteiger partial charge in [0.2, 0.25) is 0 Å². The van der Waals surface area contributed by atoms with E-state index in [2.05, 4.69) is 34.7 Å². The van der Waals surface area contributed by atoms with E-state index in [0.29, 0.717) is 6.42 Å². The molecule has 3 N–H and O–H groups in total. The van der Waals surface area contributed by atoms with Gasteiger partial charge in [0, 0.05) is 52.3 Å². The predicted octanol–water partition coefficient (Wildman–Crippen LogP) is 2.32. The van der Waals surface area contributed by atoms with Crippen LogP contribution in [0.5, 0.6) is 0 Å². The van der Waals surface area contributed by atoms with Gasteiger partial charge in [0.25, 0.3) is 0 Å². The lowest BCUT2D eigenvalue weighted by Gasteiger charge is -2.10. The van der Waals surface area contributed by atoms with Crippen molar-refractivity contribution >= 4 is 35.9 Å². The molecule has 1 atom stereocenters. The number of nitrogens with zero attached hydrogens (tertiary/aromatic N) is 1. The Morgan fingerprint density at radius 1 is 0.837 bits per heavy atom. The van der Waals surface area contributed by atoms with Crippen molar-refractivity contribution in [3.8, 4) is 0 Å². The molecule has 3 aromatic rings. The summed E-state index contributed by atoms with van der Waals surface area (Å²) in [5.74, 6) is -2.25. The van der Waals surface area contributed by atoms with E-state index in [1.165, 1.54) is 0 Å². The van der Waals surface area contributed by atoms with Crippen LogP contribution >= 0.6 is 0 Å². The summed E-state index contributed by atoms with van der Waals surface area (Å²) >= 11 is 0. The summed E-state index contributed by atoms with van der Waals surface area (Å²) in [5.41, 5.74) is 11.2. The number of allylic oxidation sites excluding steroid dienone is 2. The third-order valence-corrected chi connectivity index (χ3v) is 8.42. The number of nitrogens with one attached hydrogen (secondary N) is 3. The van der Waals surface area contributed by atoms with Gasteiger partial charge in [0.1, 0.15) is 0 Å². The molecule has 3 aromatic heterocycles. The van der Waals surface area contributed by atoms with E-state index in [-0.39, 0.29) is 31.7 Å². The average molecular weight is 579 g/mol. The summed E-state index contributed by atoms with van der Waals surface area (Å²) in [4.78, 5) is 38.0. The average Bonchev–Trinajstić information content (AvgIpc) is 3.65. The molecule has 1 unspecified atom stereocenters. The van der Waals surface area contributed by atoms with E-state index in [0.717, 1.165) is 78.0 Å². The van der Waals surface area contributed by atoms with E-state index in [1.807, 2.05) is 52.1 Å². The second kappa shape index (κ2) is 13.0. The molecule has 1 aliphatic rings. The number of aliphatic carboxylic acids is 2. The van der Waals surface area contributed by atoms with Gasteiger partial charge in [-0.05, 0) is 116 Å². The first-order valence-corrected chi connectivity index (χ1v) is 14.3. The molecular weight excluding hydrogens is 540 g/mol. The fourth-order valence-corrected chi connectivity index (χ4v) is 5.84. The third kappa shape index (κ3) is 6.48. The van der Waals surface area contributed by atoms with Gasteiger partial charge >= 0.3 is 0 Å². The highest BCUT2D eigenvalue weighted by Gasteiger charge is 2.25. The number of carboxylic acids is 2. The van der Waals surface area contributed by atoms with E-state index >= 15 is 0 Å². The topological polar surface area (TPSA) is 140 Å². The van der Waals surface area contributed by atoms with Crippen molar-refractivity contribution in [1.29, 1.82) is 0 Å². The SMILES string of the molecule is C=CC1=NC(Cc2[nH]c(/C=c3/[nH]/c(=C/c4[nH]cc(C=C)c4C)c(C)c3CCC(=O)[O-])c(CCC(=O)[O-])c2C)C(C=C)=C1C. The zero-order valence-corrected chi connectivity index (χ0v) is 25.3. The Morgan fingerprint density at radius 3 is 2.07 bits per heavy atom. The minimum atomic E-state index is -1.13. The van der Waals surface area contributed by atoms with Gasteiger partial charge in [0.15, 0.2) is 0 Å². The first-order valence-electron chi connectivity index (χ1n) is 14.3. The van der Waals surface area contributed by atoms with E-state index in [4.69, 9.17) is 4.99 Å². The Bertz CT molecular complexity index is 1810. The normalized spacial score (nSPS) is 15.7. The van der Waals surface area contributed by atoms with Gasteiger partial charge in [-0.25, -0.2) is 0 Å². The van der Waals surface area contributed by atoms with Gasteiger partial charge in [-0.2, -0.15) is 0 Å². The molecule has 0 radical (unpaired) electrons. The maximum atomic E-state index is 11.4. The molecule has 0 saturated heterocycles. The van der Waals surface area contributed by atoms with E-state index in [1.54, 1.807) is 12.2 Å². The first kappa shape index (κ1) is 31.1. The van der Waals surface area contributed by atoms with Crippen LogP contribution in [0.25, 0.3) is 18.2 Å². The Morgan fingerprint density at radius 2 is 1.49 bits per heavy atom. The first-order chi connectivity index (χ1) is 20.5. The molecular formula is C35H38N4O4-2. The highest BCUT2D eigenvalue weighted by Crippen LogP contribution is 2.29. The quantitative estimate of drug-likeness (QED) is 0.286. The number of carbonyl (C=O) groups is 2. The molecule has 1 aliphatic heterocycles. The lowest BCUT2D eigenvalue weighted by atomic mass is 9.97. The van der Waals surface area contributed by atoms with E-state index < -0.39 is 11.9 Å². The highest BCUT2D eigenvalue weighted by molar-refractivity contribution is 6.10. The number of carbonyl (C=O) groups excluding carboxylic acids is 2. The van der Waals surface area contributed by atoms with Crippen LogP contribution in [0.4, 0.5) is 0 Å². The van der Waals surface area contributed by atoms with Crippen LogP contribution in [0.15, 0.2) is 54.2 Å². The van der Waals surface area contributed by atoms with Crippen LogP contribution in [0.2, 0.25) is 0 Å². The molecule has 0 fully saturated rings. The van der Waals surface area contributed by atoms with E-state index in [9.17, 15) is 19.8 Å². The van der Waals surface area contributed by atoms with Crippen LogP contribution in [0.3, 0.4) is 0 Å². The molecule has 0 amide bonds. The summed E-state index contributed by atoms with van der Waals surface area (Å²) in [7, 11) is 0. The molecule has 8 nitrogen and oxygen atoms in total. The van der Waals surface area contributed by atoms with Crippen LogP contribution in [-0.2, 0) is 28.9 Å². The van der Waals surface area contributed by atoms with Gasteiger partial charge in [0.05, 0.1) is 11.8 Å². The molecule has 0 spiro atoms. The van der Waals surface area contributed by atoms with Crippen molar-refractivity contribution < 1.29 is 19.8 Å². The van der Waals surface area contributed by atoms with Gasteiger partial charge < -0.3 is 34.8 Å². The monoisotopic (exact) mass is 578 g/mol. The number of hydrogen-bond donors (Lipinski definition) is 3. The summed E-state index contributed by atoms with van der Waals surface area (Å²) in [6.07, 6.45) is 12.1. The molecule has 43 heavy (non-hydrogen) atoms. The highest BCUT2D eigenvalue weighted by atomic mass is 16.4. The van der Waals surface area contributed by atoms with Gasteiger partial charge in [-0.15, -0.1) is 0 Å². The Labute approximate surface area is 251 Å². The molecule has 8 heteroatoms. The molecule has 4 rings (SSSR count). The molecule has 0 aliphatic carbocycles. The maximum absolute atomic E-state index is 11.4. The molecule has 4 heterocycles. The fourth-order valence-electron chi connectivity index (χ4n) is 5.84. The van der Waals surface area contributed by atoms with Gasteiger partial charge in [-0.3, -0.25) is 4.99 Å². The Kier molecular flexibility index (Phi) is 9.39. The van der Waals surface area contributed by atoms with Crippen molar-refractivity contribution in [2.45, 2.75) is 65.8 Å². The zero-order valence-electron chi connectivity index (χ0n) is 25.3. The maximum Gasteiger partial charge on any atom is 0.0814 e. The zero-order chi connectivity index (χ0) is 31.4. The van der Waals surface area contributed by atoms with Crippen LogP contribution in [0.1, 0.15) is 70.2 Å². The summed E-state index contributed by atoms with van der Waals surface area (Å²) < 4.78 is 0. The van der Waals surface area contributed by atoms with Crippen LogP contribution in [0, 0.1) is 20.8 Å².